The van der Waals surface area contributed by atoms with E-state index in [4.69, 9.17) is 0 Å². The zero-order chi connectivity index (χ0) is 30.7. The van der Waals surface area contributed by atoms with Gasteiger partial charge in [-0.1, -0.05) is 158 Å². The van der Waals surface area contributed by atoms with Crippen molar-refractivity contribution in [1.82, 2.24) is 0 Å². The summed E-state index contributed by atoms with van der Waals surface area (Å²) >= 11 is 0. The first-order valence-electron chi connectivity index (χ1n) is 15.9. The minimum absolute atomic E-state index is 0.233. The third-order valence-electron chi connectivity index (χ3n) is 9.84. The molecule has 0 spiro atoms. The Labute approximate surface area is 267 Å². The van der Waals surface area contributed by atoms with Gasteiger partial charge in [-0.05, 0) is 98.2 Å². The van der Waals surface area contributed by atoms with Crippen LogP contribution in [0.15, 0.2) is 158 Å². The van der Waals surface area contributed by atoms with E-state index < -0.39 is 0 Å². The summed E-state index contributed by atoms with van der Waals surface area (Å²) in [6.07, 6.45) is 0.903. The lowest BCUT2D eigenvalue weighted by Gasteiger charge is -2.18. The summed E-state index contributed by atoms with van der Waals surface area (Å²) < 4.78 is 0. The van der Waals surface area contributed by atoms with Gasteiger partial charge < -0.3 is 0 Å². The first-order valence-corrected chi connectivity index (χ1v) is 15.9. The second-order valence-electron chi connectivity index (χ2n) is 12.8. The standard InChI is InChI=1S/C45H36/c1-28(2)42-38-13-7-5-11-36(38)40-17-9-15-34(44(40)42)32-23-19-30(20-24-32)27-31-21-25-33(26-22-31)35-16-10-18-41-37-12-6-8-14-39(37)43(29(3)4)45(35)41/h5-26,42-43H,1,3,27H2,2,4H3. The van der Waals surface area contributed by atoms with E-state index in [-0.39, 0.29) is 11.8 Å². The molecule has 45 heavy (non-hydrogen) atoms. The van der Waals surface area contributed by atoms with Gasteiger partial charge in [0.05, 0.1) is 0 Å². The molecule has 0 bridgehead atoms. The number of rotatable bonds is 6. The van der Waals surface area contributed by atoms with Crippen molar-refractivity contribution in [2.75, 3.05) is 0 Å². The Balaban J connectivity index is 1.07. The van der Waals surface area contributed by atoms with Crippen LogP contribution in [-0.4, -0.2) is 0 Å². The van der Waals surface area contributed by atoms with Crippen LogP contribution in [0.5, 0.6) is 0 Å². The lowest BCUT2D eigenvalue weighted by Crippen LogP contribution is -2.00. The third-order valence-corrected chi connectivity index (χ3v) is 9.84. The maximum absolute atomic E-state index is 4.39. The molecule has 2 atom stereocenters. The van der Waals surface area contributed by atoms with E-state index in [1.165, 1.54) is 89.0 Å². The molecule has 0 aliphatic heterocycles. The van der Waals surface area contributed by atoms with Gasteiger partial charge in [0.1, 0.15) is 0 Å². The molecule has 0 heterocycles. The number of allylic oxidation sites excluding steroid dienone is 2. The molecule has 6 aromatic rings. The Morgan fingerprint density at radius 1 is 0.422 bits per heavy atom. The Hall–Kier alpha value is -5.20. The van der Waals surface area contributed by atoms with Crippen LogP contribution >= 0.6 is 0 Å². The SMILES string of the molecule is C=C(C)C1c2ccccc2-c2cccc(-c3ccc(Cc4ccc(-c5cccc6c5C(C(=C)C)c5ccccc5-6)cc4)cc3)c21. The minimum atomic E-state index is 0.233. The van der Waals surface area contributed by atoms with Crippen LogP contribution < -0.4 is 0 Å². The largest absolute Gasteiger partial charge is 0.0992 e. The number of hydrogen-bond donors (Lipinski definition) is 0. The van der Waals surface area contributed by atoms with Gasteiger partial charge in [-0.2, -0.15) is 0 Å². The van der Waals surface area contributed by atoms with Crippen LogP contribution in [0.3, 0.4) is 0 Å². The smallest absolute Gasteiger partial charge is 0.0312 e. The molecule has 2 aliphatic carbocycles. The maximum Gasteiger partial charge on any atom is 0.0312 e. The molecule has 0 amide bonds. The molecule has 0 saturated carbocycles. The summed E-state index contributed by atoms with van der Waals surface area (Å²) in [5, 5.41) is 0. The van der Waals surface area contributed by atoms with Gasteiger partial charge in [0.15, 0.2) is 0 Å². The molecule has 0 nitrogen and oxygen atoms in total. The molecule has 0 fully saturated rings. The number of benzene rings is 6. The molecular weight excluding hydrogens is 540 g/mol. The summed E-state index contributed by atoms with van der Waals surface area (Å²) in [5.41, 5.74) is 21.0. The minimum Gasteiger partial charge on any atom is -0.0992 e. The van der Waals surface area contributed by atoms with Crippen LogP contribution in [0.2, 0.25) is 0 Å². The van der Waals surface area contributed by atoms with Gasteiger partial charge in [0.25, 0.3) is 0 Å². The third kappa shape index (κ3) is 4.44. The lowest BCUT2D eigenvalue weighted by molar-refractivity contribution is 0.988. The maximum atomic E-state index is 4.39. The average Bonchev–Trinajstić information content (AvgIpc) is 3.59. The van der Waals surface area contributed by atoms with Crippen molar-refractivity contribution in [2.24, 2.45) is 0 Å². The Bertz CT molecular complexity index is 1970. The highest BCUT2D eigenvalue weighted by atomic mass is 14.4. The van der Waals surface area contributed by atoms with Crippen molar-refractivity contribution in [3.63, 3.8) is 0 Å². The molecule has 216 valence electrons. The number of hydrogen-bond acceptors (Lipinski definition) is 0. The molecule has 0 heteroatoms. The Morgan fingerprint density at radius 3 is 1.18 bits per heavy atom. The van der Waals surface area contributed by atoms with Crippen LogP contribution in [0.25, 0.3) is 44.5 Å². The summed E-state index contributed by atoms with van der Waals surface area (Å²) in [4.78, 5) is 0. The first-order chi connectivity index (χ1) is 22.0. The second-order valence-corrected chi connectivity index (χ2v) is 12.8. The molecule has 0 radical (unpaired) electrons. The van der Waals surface area contributed by atoms with Crippen molar-refractivity contribution in [3.05, 3.63) is 191 Å². The highest BCUT2D eigenvalue weighted by Crippen LogP contribution is 2.52. The summed E-state index contributed by atoms with van der Waals surface area (Å²) in [6, 6.07) is 49.4. The summed E-state index contributed by atoms with van der Waals surface area (Å²) in [5.74, 6) is 0.465. The Morgan fingerprint density at radius 2 is 0.778 bits per heavy atom. The van der Waals surface area contributed by atoms with Gasteiger partial charge in [-0.3, -0.25) is 0 Å². The number of fused-ring (bicyclic) bond motifs is 6. The van der Waals surface area contributed by atoms with E-state index in [0.717, 1.165) is 6.42 Å². The normalized spacial score (nSPS) is 15.6. The lowest BCUT2D eigenvalue weighted by atomic mass is 9.85. The van der Waals surface area contributed by atoms with E-state index in [2.05, 4.69) is 160 Å². The second kappa shape index (κ2) is 10.8. The van der Waals surface area contributed by atoms with Crippen molar-refractivity contribution < 1.29 is 0 Å². The van der Waals surface area contributed by atoms with Crippen molar-refractivity contribution >= 4 is 0 Å². The van der Waals surface area contributed by atoms with Crippen molar-refractivity contribution in [2.45, 2.75) is 32.1 Å². The summed E-state index contributed by atoms with van der Waals surface area (Å²) in [7, 11) is 0. The van der Waals surface area contributed by atoms with Crippen molar-refractivity contribution in [1.29, 1.82) is 0 Å². The predicted molar refractivity (Wildman–Crippen MR) is 191 cm³/mol. The van der Waals surface area contributed by atoms with E-state index in [1.807, 2.05) is 0 Å². The highest BCUT2D eigenvalue weighted by Gasteiger charge is 2.32. The highest BCUT2D eigenvalue weighted by molar-refractivity contribution is 5.89. The van der Waals surface area contributed by atoms with Gasteiger partial charge in [-0.25, -0.2) is 0 Å². The molecule has 8 rings (SSSR count). The van der Waals surface area contributed by atoms with Gasteiger partial charge in [-0.15, -0.1) is 0 Å². The molecule has 0 N–H and O–H groups in total. The van der Waals surface area contributed by atoms with E-state index in [0.29, 0.717) is 0 Å². The van der Waals surface area contributed by atoms with E-state index in [1.54, 1.807) is 0 Å². The molecular formula is C45H36. The molecule has 2 aliphatic rings. The van der Waals surface area contributed by atoms with Crippen LogP contribution in [-0.2, 0) is 6.42 Å². The zero-order valence-electron chi connectivity index (χ0n) is 26.0. The van der Waals surface area contributed by atoms with Crippen LogP contribution in [0.1, 0.15) is 59.1 Å². The van der Waals surface area contributed by atoms with Gasteiger partial charge in [0.2, 0.25) is 0 Å². The van der Waals surface area contributed by atoms with E-state index in [9.17, 15) is 0 Å². The van der Waals surface area contributed by atoms with Gasteiger partial charge in [0, 0.05) is 11.8 Å². The first kappa shape index (κ1) is 27.4. The van der Waals surface area contributed by atoms with Crippen molar-refractivity contribution in [3.8, 4) is 44.5 Å². The van der Waals surface area contributed by atoms with Gasteiger partial charge >= 0.3 is 0 Å². The Kier molecular flexibility index (Phi) is 6.54. The average molecular weight is 577 g/mol. The summed E-state index contributed by atoms with van der Waals surface area (Å²) in [6.45, 7) is 13.1. The molecule has 2 unspecified atom stereocenters. The monoisotopic (exact) mass is 576 g/mol. The van der Waals surface area contributed by atoms with Crippen LogP contribution in [0.4, 0.5) is 0 Å². The predicted octanol–water partition coefficient (Wildman–Crippen LogP) is 12.0. The zero-order valence-corrected chi connectivity index (χ0v) is 26.0. The molecule has 6 aromatic carbocycles. The quantitative estimate of drug-likeness (QED) is 0.173. The van der Waals surface area contributed by atoms with E-state index >= 15 is 0 Å². The topological polar surface area (TPSA) is 0 Å². The molecule has 0 aromatic heterocycles. The fourth-order valence-corrected chi connectivity index (χ4v) is 7.89. The molecule has 0 saturated heterocycles. The van der Waals surface area contributed by atoms with Crippen LogP contribution in [0, 0.1) is 0 Å². The fourth-order valence-electron chi connectivity index (χ4n) is 7.89. The fraction of sp³-hybridized carbons (Fsp3) is 0.111.